The molecule has 4 heteroatoms. The molecule has 0 saturated heterocycles. The van der Waals surface area contributed by atoms with Crippen LogP contribution in [0.4, 0.5) is 5.69 Å². The number of allylic oxidation sites excluding steroid dienone is 4. The molecular formula is C28H37ClN2O. The lowest BCUT2D eigenvalue weighted by molar-refractivity contribution is 0.0970. The van der Waals surface area contributed by atoms with Gasteiger partial charge >= 0.3 is 0 Å². The zero-order valence-electron chi connectivity index (χ0n) is 20.5. The van der Waals surface area contributed by atoms with E-state index in [1.807, 2.05) is 71.9 Å². The van der Waals surface area contributed by atoms with E-state index in [2.05, 4.69) is 31.0 Å². The van der Waals surface area contributed by atoms with Crippen molar-refractivity contribution >= 4 is 28.9 Å². The predicted octanol–water partition coefficient (Wildman–Crippen LogP) is 8.53. The smallest absolute Gasteiger partial charge is 0.255 e. The van der Waals surface area contributed by atoms with Crippen LogP contribution >= 0.6 is 11.6 Å². The Morgan fingerprint density at radius 3 is 2.34 bits per heavy atom. The molecule has 3 nitrogen and oxygen atoms in total. The van der Waals surface area contributed by atoms with Crippen molar-refractivity contribution < 1.29 is 4.79 Å². The zero-order valence-corrected chi connectivity index (χ0v) is 21.3. The maximum Gasteiger partial charge on any atom is 0.255 e. The fourth-order valence-corrected chi connectivity index (χ4v) is 3.12. The third-order valence-corrected chi connectivity index (χ3v) is 4.56. The Kier molecular flexibility index (Phi) is 15.2. The van der Waals surface area contributed by atoms with Crippen LogP contribution in [0.1, 0.15) is 68.1 Å². The molecule has 172 valence electrons. The summed E-state index contributed by atoms with van der Waals surface area (Å²) in [6, 6.07) is 11.2. The number of hydrogen-bond acceptors (Lipinski definition) is 2. The molecule has 2 aromatic carbocycles. The summed E-state index contributed by atoms with van der Waals surface area (Å²) in [5, 5.41) is 3.37. The SMILES string of the molecule is C/C=C\CC.C=C/C=C/NC(=O)c1ccc(N=C(C)c2c(C)cccc2Cl)c(C)c1.CC. The van der Waals surface area contributed by atoms with Crippen LogP contribution in [0.5, 0.6) is 0 Å². The quantitative estimate of drug-likeness (QED) is 0.266. The number of benzene rings is 2. The first-order valence-electron chi connectivity index (χ1n) is 11.0. The Morgan fingerprint density at radius 2 is 1.84 bits per heavy atom. The zero-order chi connectivity index (χ0) is 24.5. The standard InChI is InChI=1S/C21H21ClN2O.C5H10.C2H6/c1-5-6-12-23-21(25)17-10-11-19(15(3)13-17)24-16(4)20-14(2)8-7-9-18(20)22;1-3-5-4-2;1-2/h5-13H,1H2,2-4H3,(H,23,25);3,5H,4H2,1-2H3;1-2H3/b12-6+,24-16?;5-3-;. The lowest BCUT2D eigenvalue weighted by Gasteiger charge is -2.10. The van der Waals surface area contributed by atoms with E-state index in [0.29, 0.717) is 10.6 Å². The molecule has 0 radical (unpaired) electrons. The number of halogens is 1. The van der Waals surface area contributed by atoms with Crippen molar-refractivity contribution in [2.75, 3.05) is 0 Å². The van der Waals surface area contributed by atoms with E-state index in [9.17, 15) is 4.79 Å². The normalized spacial score (nSPS) is 10.8. The summed E-state index contributed by atoms with van der Waals surface area (Å²) >= 11 is 6.31. The predicted molar refractivity (Wildman–Crippen MR) is 142 cm³/mol. The number of carbonyl (C=O) groups excluding carboxylic acids is 1. The maximum atomic E-state index is 12.1. The van der Waals surface area contributed by atoms with Crippen molar-refractivity contribution in [3.05, 3.63) is 101 Å². The van der Waals surface area contributed by atoms with E-state index in [0.717, 1.165) is 34.5 Å². The van der Waals surface area contributed by atoms with Gasteiger partial charge in [-0.25, -0.2) is 0 Å². The van der Waals surface area contributed by atoms with Crippen LogP contribution < -0.4 is 5.32 Å². The van der Waals surface area contributed by atoms with Gasteiger partial charge in [-0.3, -0.25) is 9.79 Å². The largest absolute Gasteiger partial charge is 0.329 e. The average Bonchev–Trinajstić information content (AvgIpc) is 2.77. The molecule has 0 atom stereocenters. The molecule has 2 aromatic rings. The van der Waals surface area contributed by atoms with Crippen molar-refractivity contribution in [3.8, 4) is 0 Å². The second-order valence-corrected chi connectivity index (χ2v) is 7.08. The Hall–Kier alpha value is -2.91. The van der Waals surface area contributed by atoms with Crippen molar-refractivity contribution in [1.82, 2.24) is 5.32 Å². The van der Waals surface area contributed by atoms with Gasteiger partial charge in [0, 0.05) is 28.1 Å². The number of nitrogens with zero attached hydrogens (tertiary/aromatic N) is 1. The van der Waals surface area contributed by atoms with E-state index in [1.165, 1.54) is 0 Å². The summed E-state index contributed by atoms with van der Waals surface area (Å²) < 4.78 is 0. The molecule has 2 rings (SSSR count). The molecule has 0 spiro atoms. The summed E-state index contributed by atoms with van der Waals surface area (Å²) in [7, 11) is 0. The summed E-state index contributed by atoms with van der Waals surface area (Å²) in [5.41, 5.74) is 5.19. The van der Waals surface area contributed by atoms with Crippen LogP contribution in [0.25, 0.3) is 0 Å². The number of aliphatic imine (C=N–C) groups is 1. The van der Waals surface area contributed by atoms with Crippen LogP contribution in [0, 0.1) is 13.8 Å². The number of nitrogens with one attached hydrogen (secondary N) is 1. The number of amides is 1. The van der Waals surface area contributed by atoms with Crippen LogP contribution in [0.15, 0.2) is 78.5 Å². The van der Waals surface area contributed by atoms with Crippen LogP contribution in [0.2, 0.25) is 5.02 Å². The van der Waals surface area contributed by atoms with Crippen LogP contribution in [0.3, 0.4) is 0 Å². The lowest BCUT2D eigenvalue weighted by atomic mass is 10.0. The number of carbonyl (C=O) groups is 1. The molecule has 0 aliphatic carbocycles. The van der Waals surface area contributed by atoms with Gasteiger partial charge < -0.3 is 5.32 Å². The van der Waals surface area contributed by atoms with E-state index in [1.54, 1.807) is 24.4 Å². The number of aryl methyl sites for hydroxylation is 2. The highest BCUT2D eigenvalue weighted by Gasteiger charge is 2.09. The Bertz CT molecular complexity index is 936. The van der Waals surface area contributed by atoms with Gasteiger partial charge in [-0.05, 0) is 75.6 Å². The molecule has 1 N–H and O–H groups in total. The minimum atomic E-state index is -0.171. The van der Waals surface area contributed by atoms with E-state index in [4.69, 9.17) is 16.6 Å². The third-order valence-electron chi connectivity index (χ3n) is 4.25. The van der Waals surface area contributed by atoms with Gasteiger partial charge in [-0.2, -0.15) is 0 Å². The van der Waals surface area contributed by atoms with Gasteiger partial charge in [-0.15, -0.1) is 0 Å². The van der Waals surface area contributed by atoms with Gasteiger partial charge in [-0.1, -0.05) is 69.3 Å². The molecule has 0 aliphatic heterocycles. The molecule has 0 aromatic heterocycles. The van der Waals surface area contributed by atoms with Gasteiger partial charge in [0.2, 0.25) is 0 Å². The molecule has 0 unspecified atom stereocenters. The number of rotatable bonds is 6. The first-order chi connectivity index (χ1) is 15.3. The summed E-state index contributed by atoms with van der Waals surface area (Å²) in [6.45, 7) is 17.6. The van der Waals surface area contributed by atoms with E-state index < -0.39 is 0 Å². The fourth-order valence-electron chi connectivity index (χ4n) is 2.76. The van der Waals surface area contributed by atoms with Crippen LogP contribution in [-0.2, 0) is 0 Å². The highest BCUT2D eigenvalue weighted by atomic mass is 35.5. The molecule has 0 fully saturated rings. The molecule has 0 heterocycles. The molecule has 1 amide bonds. The molecule has 0 bridgehead atoms. The fraction of sp³-hybridized carbons (Fsp3) is 0.286. The third kappa shape index (κ3) is 9.93. The van der Waals surface area contributed by atoms with Crippen molar-refractivity contribution in [2.24, 2.45) is 4.99 Å². The monoisotopic (exact) mass is 452 g/mol. The molecule has 32 heavy (non-hydrogen) atoms. The highest BCUT2D eigenvalue weighted by molar-refractivity contribution is 6.34. The first-order valence-corrected chi connectivity index (χ1v) is 11.3. The van der Waals surface area contributed by atoms with Gasteiger partial charge in [0.05, 0.1) is 5.69 Å². The Morgan fingerprint density at radius 1 is 1.16 bits per heavy atom. The highest BCUT2D eigenvalue weighted by Crippen LogP contribution is 2.25. The topological polar surface area (TPSA) is 41.5 Å². The van der Waals surface area contributed by atoms with Gasteiger partial charge in [0.25, 0.3) is 5.91 Å². The molecule has 0 saturated carbocycles. The maximum absolute atomic E-state index is 12.1. The summed E-state index contributed by atoms with van der Waals surface area (Å²) in [6.07, 6.45) is 10.2. The van der Waals surface area contributed by atoms with Gasteiger partial charge in [0.1, 0.15) is 0 Å². The summed E-state index contributed by atoms with van der Waals surface area (Å²) in [4.78, 5) is 16.8. The lowest BCUT2D eigenvalue weighted by Crippen LogP contribution is -2.16. The Balaban J connectivity index is 0.00000121. The minimum Gasteiger partial charge on any atom is -0.329 e. The molecular weight excluding hydrogens is 416 g/mol. The first kappa shape index (κ1) is 29.1. The van der Waals surface area contributed by atoms with Crippen molar-refractivity contribution in [2.45, 2.75) is 54.9 Å². The van der Waals surface area contributed by atoms with Crippen molar-refractivity contribution in [3.63, 3.8) is 0 Å². The average molecular weight is 453 g/mol. The summed E-state index contributed by atoms with van der Waals surface area (Å²) in [5.74, 6) is -0.171. The minimum absolute atomic E-state index is 0.171. The second-order valence-electron chi connectivity index (χ2n) is 6.68. The second kappa shape index (κ2) is 16.7. The van der Waals surface area contributed by atoms with E-state index >= 15 is 0 Å². The van der Waals surface area contributed by atoms with Crippen LogP contribution in [-0.4, -0.2) is 11.6 Å². The number of hydrogen-bond donors (Lipinski definition) is 1. The van der Waals surface area contributed by atoms with Gasteiger partial charge in [0.15, 0.2) is 0 Å². The van der Waals surface area contributed by atoms with Crippen molar-refractivity contribution in [1.29, 1.82) is 0 Å². The molecule has 0 aliphatic rings. The van der Waals surface area contributed by atoms with E-state index in [-0.39, 0.29) is 5.91 Å². The Labute approximate surface area is 199 Å².